The van der Waals surface area contributed by atoms with Crippen LogP contribution in [0.5, 0.6) is 5.88 Å². The molecule has 5 nitrogen and oxygen atoms in total. The van der Waals surface area contributed by atoms with E-state index in [1.165, 1.54) is 6.33 Å². The van der Waals surface area contributed by atoms with Crippen molar-refractivity contribution in [2.75, 3.05) is 11.9 Å². The van der Waals surface area contributed by atoms with Gasteiger partial charge >= 0.3 is 6.18 Å². The Morgan fingerprint density at radius 2 is 2.00 bits per heavy atom. The fraction of sp³-hybridized carbons (Fsp3) is 0.250. The molecule has 10 heteroatoms. The highest BCUT2D eigenvalue weighted by atomic mass is 35.5. The number of rotatable bonds is 9. The number of aromatic nitrogens is 3. The van der Waals surface area contributed by atoms with Gasteiger partial charge < -0.3 is 10.1 Å². The number of halogens is 5. The number of allylic oxidation sites excluding steroid dienone is 3. The molecule has 0 aliphatic carbocycles. The Balaban J connectivity index is 1.87. The lowest BCUT2D eigenvalue weighted by molar-refractivity contribution is -0.137. The topological polar surface area (TPSA) is 59.9 Å². The van der Waals surface area contributed by atoms with Gasteiger partial charge in [0.2, 0.25) is 5.88 Å². The number of ether oxygens (including phenoxy) is 1. The molecule has 0 amide bonds. The quantitative estimate of drug-likeness (QED) is 0.276. The van der Waals surface area contributed by atoms with E-state index in [0.29, 0.717) is 35.7 Å². The third-order valence-electron chi connectivity index (χ3n) is 3.85. The van der Waals surface area contributed by atoms with E-state index in [2.05, 4.69) is 26.8 Å². The van der Waals surface area contributed by atoms with E-state index in [1.807, 2.05) is 13.0 Å². The van der Waals surface area contributed by atoms with Gasteiger partial charge in [0.1, 0.15) is 22.9 Å². The Kier molecular flexibility index (Phi) is 8.68. The van der Waals surface area contributed by atoms with Crippen LogP contribution in [0.2, 0.25) is 5.02 Å². The summed E-state index contributed by atoms with van der Waals surface area (Å²) in [6, 6.07) is 2.04. The van der Waals surface area contributed by atoms with Crippen molar-refractivity contribution < 1.29 is 17.9 Å². The van der Waals surface area contributed by atoms with Crippen LogP contribution in [0, 0.1) is 0 Å². The molecule has 0 aliphatic heterocycles. The molecule has 1 N–H and O–H groups in total. The van der Waals surface area contributed by atoms with Crippen LogP contribution in [0.4, 0.5) is 19.0 Å². The molecule has 2 rings (SSSR count). The molecule has 0 radical (unpaired) electrons. The first kappa shape index (κ1) is 23.7. The largest absolute Gasteiger partial charge is 0.440 e. The van der Waals surface area contributed by atoms with Gasteiger partial charge in [0.15, 0.2) is 0 Å². The molecule has 0 bridgehead atoms. The predicted molar refractivity (Wildman–Crippen MR) is 112 cm³/mol. The van der Waals surface area contributed by atoms with E-state index in [9.17, 15) is 13.2 Å². The van der Waals surface area contributed by atoms with E-state index in [4.69, 9.17) is 27.9 Å². The molecular formula is C20H19Cl2F3N4O. The fourth-order valence-electron chi connectivity index (χ4n) is 2.25. The van der Waals surface area contributed by atoms with Gasteiger partial charge in [-0.05, 0) is 25.5 Å². The number of hydrogen-bond donors (Lipinski definition) is 1. The third-order valence-corrected chi connectivity index (χ3v) is 4.50. The third kappa shape index (κ3) is 7.03. The van der Waals surface area contributed by atoms with Crippen LogP contribution in [0.25, 0.3) is 0 Å². The number of nitrogens with zero attached hydrogens (tertiary/aromatic N) is 3. The summed E-state index contributed by atoms with van der Waals surface area (Å²) in [4.78, 5) is 11.7. The Morgan fingerprint density at radius 1 is 1.23 bits per heavy atom. The molecule has 0 aliphatic rings. The highest BCUT2D eigenvalue weighted by Crippen LogP contribution is 2.29. The van der Waals surface area contributed by atoms with Crippen LogP contribution in [-0.2, 0) is 12.1 Å². The minimum Gasteiger partial charge on any atom is -0.440 e. The molecule has 2 aromatic rings. The minimum atomic E-state index is -4.45. The maximum absolute atomic E-state index is 12.6. The van der Waals surface area contributed by atoms with Crippen molar-refractivity contribution in [2.24, 2.45) is 0 Å². The molecule has 0 saturated carbocycles. The van der Waals surface area contributed by atoms with Crippen molar-refractivity contribution in [3.63, 3.8) is 0 Å². The lowest BCUT2D eigenvalue weighted by Crippen LogP contribution is -2.06. The summed E-state index contributed by atoms with van der Waals surface area (Å²) in [7, 11) is 0. The highest BCUT2D eigenvalue weighted by molar-refractivity contribution is 6.34. The standard InChI is InChI=1S/C20H19Cl2F3N4O/c1-3-14(8-9-26-19-18(22)16(10-21)28-12-29-19)5-4-13(2)30-17-7-6-15(11-27-17)20(23,24)25/h3-7,11-12H,2,8-10H2,1H3,(H,26,28,29). The maximum atomic E-state index is 12.6. The average molecular weight is 459 g/mol. The minimum absolute atomic E-state index is 0.0230. The van der Waals surface area contributed by atoms with Crippen molar-refractivity contribution >= 4 is 29.0 Å². The van der Waals surface area contributed by atoms with Gasteiger partial charge in [-0.25, -0.2) is 15.0 Å². The summed E-state index contributed by atoms with van der Waals surface area (Å²) in [6.45, 7) is 6.16. The van der Waals surface area contributed by atoms with E-state index in [-0.39, 0.29) is 17.5 Å². The fourth-order valence-corrected chi connectivity index (χ4v) is 2.75. The van der Waals surface area contributed by atoms with Crippen molar-refractivity contribution in [1.82, 2.24) is 15.0 Å². The first-order valence-electron chi connectivity index (χ1n) is 8.77. The van der Waals surface area contributed by atoms with Crippen molar-refractivity contribution in [3.8, 4) is 5.88 Å². The molecule has 0 unspecified atom stereocenters. The Bertz CT molecular complexity index is 929. The van der Waals surface area contributed by atoms with Gasteiger partial charge in [-0.1, -0.05) is 35.9 Å². The number of pyridine rings is 1. The summed E-state index contributed by atoms with van der Waals surface area (Å²) in [5.41, 5.74) is 0.671. The number of anilines is 1. The van der Waals surface area contributed by atoms with Crippen LogP contribution in [0.15, 0.2) is 60.8 Å². The van der Waals surface area contributed by atoms with Gasteiger partial charge in [-0.3, -0.25) is 0 Å². The first-order valence-corrected chi connectivity index (χ1v) is 9.68. The zero-order valence-corrected chi connectivity index (χ0v) is 17.5. The van der Waals surface area contributed by atoms with E-state index in [1.54, 1.807) is 12.2 Å². The van der Waals surface area contributed by atoms with Crippen molar-refractivity contribution in [2.45, 2.75) is 25.4 Å². The summed E-state index contributed by atoms with van der Waals surface area (Å²) < 4.78 is 43.0. The number of hydrogen-bond acceptors (Lipinski definition) is 5. The predicted octanol–water partition coefficient (Wildman–Crippen LogP) is 6.18. The molecule has 0 spiro atoms. The van der Waals surface area contributed by atoms with Crippen LogP contribution < -0.4 is 10.1 Å². The van der Waals surface area contributed by atoms with Gasteiger partial charge in [0, 0.05) is 18.8 Å². The summed E-state index contributed by atoms with van der Waals surface area (Å²) in [5, 5.41) is 3.51. The molecule has 0 aromatic carbocycles. The van der Waals surface area contributed by atoms with Crippen molar-refractivity contribution in [1.29, 1.82) is 0 Å². The van der Waals surface area contributed by atoms with Gasteiger partial charge in [0.25, 0.3) is 0 Å². The molecule has 0 atom stereocenters. The zero-order chi connectivity index (χ0) is 22.1. The molecule has 160 valence electrons. The molecule has 0 saturated heterocycles. The first-order chi connectivity index (χ1) is 14.2. The van der Waals surface area contributed by atoms with E-state index < -0.39 is 11.7 Å². The summed E-state index contributed by atoms with van der Waals surface area (Å²) in [5.74, 6) is 0.951. The average Bonchev–Trinajstić information content (AvgIpc) is 2.71. The molecule has 30 heavy (non-hydrogen) atoms. The normalized spacial score (nSPS) is 12.3. The van der Waals surface area contributed by atoms with Crippen LogP contribution >= 0.6 is 23.2 Å². The van der Waals surface area contributed by atoms with Gasteiger partial charge in [0.05, 0.1) is 17.1 Å². The molecule has 2 heterocycles. The van der Waals surface area contributed by atoms with Gasteiger partial charge in [-0.15, -0.1) is 11.6 Å². The zero-order valence-electron chi connectivity index (χ0n) is 16.0. The smallest absolute Gasteiger partial charge is 0.417 e. The lowest BCUT2D eigenvalue weighted by Gasteiger charge is -2.09. The van der Waals surface area contributed by atoms with Gasteiger partial charge in [-0.2, -0.15) is 13.2 Å². The molecule has 0 fully saturated rings. The van der Waals surface area contributed by atoms with E-state index >= 15 is 0 Å². The molecule has 2 aromatic heterocycles. The Morgan fingerprint density at radius 3 is 2.60 bits per heavy atom. The Labute approximate surface area is 182 Å². The Hall–Kier alpha value is -2.58. The van der Waals surface area contributed by atoms with Crippen LogP contribution in [0.1, 0.15) is 24.6 Å². The van der Waals surface area contributed by atoms with Crippen molar-refractivity contribution in [3.05, 3.63) is 77.1 Å². The second-order valence-electron chi connectivity index (χ2n) is 5.94. The summed E-state index contributed by atoms with van der Waals surface area (Å²) >= 11 is 11.9. The van der Waals surface area contributed by atoms with Crippen LogP contribution in [0.3, 0.4) is 0 Å². The maximum Gasteiger partial charge on any atom is 0.417 e. The lowest BCUT2D eigenvalue weighted by atomic mass is 10.1. The second-order valence-corrected chi connectivity index (χ2v) is 6.59. The number of alkyl halides is 4. The summed E-state index contributed by atoms with van der Waals surface area (Å²) in [6.07, 6.45) is 3.61. The SMILES string of the molecule is C=C(C=CC(=CC)CCNc1ncnc(CCl)c1Cl)Oc1ccc(C(F)(F)F)cn1. The monoisotopic (exact) mass is 458 g/mol. The number of nitrogens with one attached hydrogen (secondary N) is 1. The molecular weight excluding hydrogens is 440 g/mol. The second kappa shape index (κ2) is 11.0. The van der Waals surface area contributed by atoms with E-state index in [0.717, 1.165) is 17.7 Å². The highest BCUT2D eigenvalue weighted by Gasteiger charge is 2.30. The van der Waals surface area contributed by atoms with Crippen LogP contribution in [-0.4, -0.2) is 21.5 Å².